The summed E-state index contributed by atoms with van der Waals surface area (Å²) in [6, 6.07) is 5.82. The number of nitrogens with one attached hydrogen (secondary N) is 1. The highest BCUT2D eigenvalue weighted by atomic mass is 16.1. The minimum atomic E-state index is -0.0868. The second kappa shape index (κ2) is 7.56. The molecule has 0 radical (unpaired) electrons. The van der Waals surface area contributed by atoms with E-state index in [1.165, 1.54) is 4.68 Å². The van der Waals surface area contributed by atoms with Gasteiger partial charge in [-0.2, -0.15) is 10.4 Å². The highest BCUT2D eigenvalue weighted by molar-refractivity contribution is 5.56. The van der Waals surface area contributed by atoms with Gasteiger partial charge in [0.25, 0.3) is 5.56 Å². The second-order valence-corrected chi connectivity index (χ2v) is 6.90. The normalized spacial score (nSPS) is 14.9. The van der Waals surface area contributed by atoms with E-state index in [1.807, 2.05) is 19.9 Å². The molecule has 7 heteroatoms. The van der Waals surface area contributed by atoms with Crippen molar-refractivity contribution in [2.45, 2.75) is 26.7 Å². The molecule has 0 unspecified atom stereocenters. The molecule has 0 amide bonds. The summed E-state index contributed by atoms with van der Waals surface area (Å²) in [7, 11) is 1.65. The zero-order valence-electron chi connectivity index (χ0n) is 15.5. The summed E-state index contributed by atoms with van der Waals surface area (Å²) >= 11 is 0. The number of hydrogen-bond donors (Lipinski definition) is 1. The van der Waals surface area contributed by atoms with Crippen molar-refractivity contribution in [1.82, 2.24) is 14.8 Å². The average Bonchev–Trinajstić information content (AvgIpc) is 2.62. The minimum absolute atomic E-state index is 0.0868. The molecule has 1 saturated heterocycles. The van der Waals surface area contributed by atoms with Crippen molar-refractivity contribution in [1.29, 1.82) is 5.26 Å². The Morgan fingerprint density at radius 3 is 2.69 bits per heavy atom. The van der Waals surface area contributed by atoms with Crippen molar-refractivity contribution >= 4 is 11.5 Å². The van der Waals surface area contributed by atoms with E-state index >= 15 is 0 Å². The molecule has 0 saturated carbocycles. The standard InChI is InChI=1S/C19H24N6O/c1-13-8-14(2)23-19(17(13)10-20)21-11-15-4-6-25(7-5-15)16-9-18(26)24(3)22-12-16/h8-9,12,15H,4-7,11H2,1-3H3,(H,21,23). The van der Waals surface area contributed by atoms with Gasteiger partial charge in [-0.3, -0.25) is 4.79 Å². The van der Waals surface area contributed by atoms with Crippen LogP contribution in [-0.4, -0.2) is 34.4 Å². The Labute approximate surface area is 153 Å². The van der Waals surface area contributed by atoms with Gasteiger partial charge in [0.15, 0.2) is 0 Å². The van der Waals surface area contributed by atoms with Gasteiger partial charge in [-0.25, -0.2) is 9.67 Å². The van der Waals surface area contributed by atoms with Crippen molar-refractivity contribution in [3.8, 4) is 6.07 Å². The molecule has 0 aromatic carbocycles. The number of anilines is 2. The molecule has 3 rings (SSSR count). The fourth-order valence-corrected chi connectivity index (χ4v) is 3.37. The molecule has 0 spiro atoms. The van der Waals surface area contributed by atoms with Crippen molar-refractivity contribution in [2.75, 3.05) is 29.9 Å². The van der Waals surface area contributed by atoms with E-state index < -0.39 is 0 Å². The Morgan fingerprint density at radius 2 is 2.04 bits per heavy atom. The molecule has 2 aromatic rings. The quantitative estimate of drug-likeness (QED) is 0.905. The number of aromatic nitrogens is 3. The van der Waals surface area contributed by atoms with Crippen LogP contribution in [0.1, 0.15) is 29.7 Å². The van der Waals surface area contributed by atoms with Crippen LogP contribution in [0, 0.1) is 31.1 Å². The molecular weight excluding hydrogens is 328 g/mol. The lowest BCUT2D eigenvalue weighted by atomic mass is 9.96. The van der Waals surface area contributed by atoms with E-state index in [-0.39, 0.29) is 5.56 Å². The summed E-state index contributed by atoms with van der Waals surface area (Å²) < 4.78 is 1.34. The largest absolute Gasteiger partial charge is 0.370 e. The lowest BCUT2D eigenvalue weighted by Gasteiger charge is -2.33. The molecule has 7 nitrogen and oxygen atoms in total. The van der Waals surface area contributed by atoms with Gasteiger partial charge in [-0.1, -0.05) is 0 Å². The maximum atomic E-state index is 11.8. The van der Waals surface area contributed by atoms with Crippen LogP contribution in [0.3, 0.4) is 0 Å². The summed E-state index contributed by atoms with van der Waals surface area (Å²) in [6.07, 6.45) is 3.79. The molecule has 1 aliphatic heterocycles. The molecular formula is C19H24N6O. The molecule has 0 atom stereocenters. The highest BCUT2D eigenvalue weighted by Crippen LogP contribution is 2.23. The molecule has 3 heterocycles. The first-order valence-electron chi connectivity index (χ1n) is 8.88. The number of nitrogens with zero attached hydrogens (tertiary/aromatic N) is 5. The third kappa shape index (κ3) is 3.85. The molecule has 26 heavy (non-hydrogen) atoms. The molecule has 1 aliphatic rings. The van der Waals surface area contributed by atoms with Crippen LogP contribution in [-0.2, 0) is 7.05 Å². The topological polar surface area (TPSA) is 86.8 Å². The third-order valence-electron chi connectivity index (χ3n) is 4.95. The number of aryl methyl sites for hydroxylation is 3. The lowest BCUT2D eigenvalue weighted by molar-refractivity contribution is 0.422. The maximum absolute atomic E-state index is 11.8. The van der Waals surface area contributed by atoms with E-state index in [0.717, 1.165) is 49.4 Å². The Hall–Kier alpha value is -2.88. The SMILES string of the molecule is Cc1cc(C)c(C#N)c(NCC2CCN(c3cnn(C)c(=O)c3)CC2)n1. The van der Waals surface area contributed by atoms with Crippen LogP contribution in [0.25, 0.3) is 0 Å². The Morgan fingerprint density at radius 1 is 1.31 bits per heavy atom. The number of rotatable bonds is 4. The van der Waals surface area contributed by atoms with Crippen LogP contribution >= 0.6 is 0 Å². The minimum Gasteiger partial charge on any atom is -0.370 e. The summed E-state index contributed by atoms with van der Waals surface area (Å²) in [5.41, 5.74) is 3.30. The van der Waals surface area contributed by atoms with E-state index in [1.54, 1.807) is 19.3 Å². The first-order valence-corrected chi connectivity index (χ1v) is 8.88. The van der Waals surface area contributed by atoms with Gasteiger partial charge in [0.2, 0.25) is 0 Å². The van der Waals surface area contributed by atoms with Gasteiger partial charge in [-0.15, -0.1) is 0 Å². The highest BCUT2D eigenvalue weighted by Gasteiger charge is 2.20. The number of pyridine rings is 1. The smallest absolute Gasteiger partial charge is 0.268 e. The lowest BCUT2D eigenvalue weighted by Crippen LogP contribution is -2.37. The monoisotopic (exact) mass is 352 g/mol. The fraction of sp³-hybridized carbons (Fsp3) is 0.474. The van der Waals surface area contributed by atoms with Gasteiger partial charge in [0.05, 0.1) is 17.4 Å². The summed E-state index contributed by atoms with van der Waals surface area (Å²) in [6.45, 7) is 6.47. The Kier molecular flexibility index (Phi) is 5.21. The molecule has 1 fully saturated rings. The summed E-state index contributed by atoms with van der Waals surface area (Å²) in [5, 5.41) is 16.8. The molecule has 1 N–H and O–H groups in total. The first kappa shape index (κ1) is 17.9. The van der Waals surface area contributed by atoms with Gasteiger partial charge in [-0.05, 0) is 44.2 Å². The van der Waals surface area contributed by atoms with E-state index in [9.17, 15) is 10.1 Å². The van der Waals surface area contributed by atoms with Crippen molar-refractivity contribution in [2.24, 2.45) is 13.0 Å². The van der Waals surface area contributed by atoms with Gasteiger partial charge in [0.1, 0.15) is 11.9 Å². The molecule has 2 aromatic heterocycles. The van der Waals surface area contributed by atoms with Gasteiger partial charge in [0, 0.05) is 38.4 Å². The maximum Gasteiger partial charge on any atom is 0.268 e. The third-order valence-corrected chi connectivity index (χ3v) is 4.95. The van der Waals surface area contributed by atoms with Crippen molar-refractivity contribution in [3.05, 3.63) is 45.5 Å². The molecule has 0 bridgehead atoms. The van der Waals surface area contributed by atoms with Crippen LogP contribution in [0.2, 0.25) is 0 Å². The Bertz CT molecular complexity index is 890. The second-order valence-electron chi connectivity index (χ2n) is 6.90. The summed E-state index contributed by atoms with van der Waals surface area (Å²) in [4.78, 5) is 18.4. The Balaban J connectivity index is 1.59. The fourth-order valence-electron chi connectivity index (χ4n) is 3.37. The van der Waals surface area contributed by atoms with Crippen molar-refractivity contribution < 1.29 is 0 Å². The summed E-state index contributed by atoms with van der Waals surface area (Å²) in [5.74, 6) is 1.20. The van der Waals surface area contributed by atoms with E-state index in [0.29, 0.717) is 17.3 Å². The predicted molar refractivity (Wildman–Crippen MR) is 101 cm³/mol. The number of hydrogen-bond acceptors (Lipinski definition) is 6. The van der Waals surface area contributed by atoms with Crippen LogP contribution < -0.4 is 15.8 Å². The van der Waals surface area contributed by atoms with Crippen LogP contribution in [0.15, 0.2) is 23.1 Å². The van der Waals surface area contributed by atoms with Gasteiger partial charge < -0.3 is 10.2 Å². The van der Waals surface area contributed by atoms with Gasteiger partial charge >= 0.3 is 0 Å². The first-order chi connectivity index (χ1) is 12.5. The molecule has 136 valence electrons. The van der Waals surface area contributed by atoms with Crippen LogP contribution in [0.5, 0.6) is 0 Å². The molecule has 0 aliphatic carbocycles. The number of nitriles is 1. The average molecular weight is 352 g/mol. The van der Waals surface area contributed by atoms with Crippen LogP contribution in [0.4, 0.5) is 11.5 Å². The zero-order chi connectivity index (χ0) is 18.7. The zero-order valence-corrected chi connectivity index (χ0v) is 15.5. The predicted octanol–water partition coefficient (Wildman–Crippen LogP) is 1.99. The van der Waals surface area contributed by atoms with E-state index in [2.05, 4.69) is 26.4 Å². The van der Waals surface area contributed by atoms with Crippen molar-refractivity contribution in [3.63, 3.8) is 0 Å². The number of piperidine rings is 1. The van der Waals surface area contributed by atoms with E-state index in [4.69, 9.17) is 0 Å².